The van der Waals surface area contributed by atoms with E-state index < -0.39 is 23.6 Å². The second kappa shape index (κ2) is 13.1. The van der Waals surface area contributed by atoms with E-state index in [0.717, 1.165) is 35.6 Å². The molecule has 11 nitrogen and oxygen atoms in total. The number of urea groups is 1. The number of anilines is 3. The van der Waals surface area contributed by atoms with Gasteiger partial charge in [-0.25, -0.2) is 23.5 Å². The molecule has 5 rings (SSSR count). The Morgan fingerprint density at radius 2 is 1.98 bits per heavy atom. The van der Waals surface area contributed by atoms with Crippen molar-refractivity contribution in [2.75, 3.05) is 43.1 Å². The molecule has 15 heteroatoms. The van der Waals surface area contributed by atoms with Gasteiger partial charge >= 0.3 is 6.03 Å². The first kappa shape index (κ1) is 29.8. The number of thiazole rings is 2. The van der Waals surface area contributed by atoms with Crippen molar-refractivity contribution in [3.05, 3.63) is 59.0 Å². The third-order valence-corrected chi connectivity index (χ3v) is 8.53. The molecule has 2 aromatic heterocycles. The van der Waals surface area contributed by atoms with Crippen LogP contribution in [0.1, 0.15) is 29.6 Å². The number of methoxy groups -OCH3 is 1. The topological polar surface area (TPSA) is 152 Å². The van der Waals surface area contributed by atoms with Crippen molar-refractivity contribution in [3.8, 4) is 26.9 Å². The molecule has 0 aliphatic carbocycles. The number of likely N-dealkylation sites (tertiary alicyclic amines) is 1. The molecule has 0 bridgehead atoms. The molecule has 0 atom stereocenters. The van der Waals surface area contributed by atoms with E-state index >= 15 is 0 Å². The Labute approximate surface area is 253 Å². The monoisotopic (exact) mass is 627 g/mol. The van der Waals surface area contributed by atoms with Crippen molar-refractivity contribution in [2.24, 2.45) is 0 Å². The van der Waals surface area contributed by atoms with Crippen molar-refractivity contribution < 1.29 is 27.9 Å². The maximum atomic E-state index is 14.8. The molecule has 0 radical (unpaired) electrons. The number of halogens is 2. The van der Waals surface area contributed by atoms with Gasteiger partial charge in [-0.2, -0.15) is 0 Å². The summed E-state index contributed by atoms with van der Waals surface area (Å²) >= 11 is 2.26. The molecule has 0 saturated carbocycles. The molecule has 4 amide bonds. The van der Waals surface area contributed by atoms with E-state index in [2.05, 4.69) is 25.9 Å². The Balaban J connectivity index is 1.24. The van der Waals surface area contributed by atoms with Crippen LogP contribution in [0.5, 0.6) is 5.75 Å². The van der Waals surface area contributed by atoms with Gasteiger partial charge in [0.25, 0.3) is 5.91 Å². The summed E-state index contributed by atoms with van der Waals surface area (Å²) in [4.78, 5) is 47.6. The first-order chi connectivity index (χ1) is 20.7. The van der Waals surface area contributed by atoms with Crippen LogP contribution in [-0.4, -0.2) is 59.5 Å². The molecule has 4 aromatic rings. The lowest BCUT2D eigenvalue weighted by atomic mass is 10.1. The minimum atomic E-state index is -0.946. The Morgan fingerprint density at radius 3 is 2.74 bits per heavy atom. The van der Waals surface area contributed by atoms with Crippen LogP contribution in [0.2, 0.25) is 0 Å². The largest absolute Gasteiger partial charge is 0.497 e. The Hall–Kier alpha value is -4.63. The molecular weight excluding hydrogens is 600 g/mol. The van der Waals surface area contributed by atoms with E-state index in [1.165, 1.54) is 25.3 Å². The number of carbonyl (C=O) groups excluding carboxylic acids is 3. The van der Waals surface area contributed by atoms with Crippen LogP contribution < -0.4 is 26.4 Å². The molecule has 1 aliphatic rings. The van der Waals surface area contributed by atoms with Crippen molar-refractivity contribution in [2.45, 2.75) is 19.3 Å². The second-order valence-electron chi connectivity index (χ2n) is 9.49. The number of nitrogens with one attached hydrogen (secondary N) is 3. The summed E-state index contributed by atoms with van der Waals surface area (Å²) in [6.45, 7) is 1.72. The molecule has 1 aliphatic heterocycles. The number of benzene rings is 2. The SMILES string of the molecule is COc1cccc(C(=O)Nc2cc(-c3csc(-c4sc(NC(=O)NCCCN5CCCC5=O)nc4N)n3)c(F)cc2F)c1. The van der Waals surface area contributed by atoms with Gasteiger partial charge in [-0.05, 0) is 37.1 Å². The van der Waals surface area contributed by atoms with Gasteiger partial charge in [0, 0.05) is 48.6 Å². The number of ether oxygens (including phenoxy) is 1. The van der Waals surface area contributed by atoms with Crippen molar-refractivity contribution in [1.82, 2.24) is 20.2 Å². The fraction of sp³-hybridized carbons (Fsp3) is 0.250. The summed E-state index contributed by atoms with van der Waals surface area (Å²) in [6.07, 6.45) is 2.06. The van der Waals surface area contributed by atoms with Gasteiger partial charge in [0.05, 0.1) is 18.5 Å². The van der Waals surface area contributed by atoms with Crippen LogP contribution in [0.25, 0.3) is 21.1 Å². The lowest BCUT2D eigenvalue weighted by molar-refractivity contribution is -0.127. The molecule has 224 valence electrons. The van der Waals surface area contributed by atoms with Crippen LogP contribution in [0.15, 0.2) is 41.8 Å². The summed E-state index contributed by atoms with van der Waals surface area (Å²) in [5.74, 6) is -1.69. The quantitative estimate of drug-likeness (QED) is 0.177. The Bertz CT molecular complexity index is 1680. The van der Waals surface area contributed by atoms with Crippen molar-refractivity contribution in [3.63, 3.8) is 0 Å². The second-order valence-corrected chi connectivity index (χ2v) is 11.3. The standard InChI is InChI=1S/C28H27F2N7O4S2/c1-41-16-6-2-5-15(11-16)25(39)33-20-12-17(18(29)13-19(20)30)21-14-42-26(34-21)23-24(31)35-28(43-23)36-27(40)32-8-4-10-37-9-3-7-22(37)38/h2,5-6,11-14H,3-4,7-10,31H2,1H3,(H,33,39)(H2,32,35,36,40). The minimum absolute atomic E-state index is 0.0266. The smallest absolute Gasteiger partial charge is 0.321 e. The number of nitrogen functional groups attached to an aromatic ring is 1. The first-order valence-electron chi connectivity index (χ1n) is 13.2. The van der Waals surface area contributed by atoms with Gasteiger partial charge < -0.3 is 26.0 Å². The lowest BCUT2D eigenvalue weighted by Crippen LogP contribution is -2.32. The highest BCUT2D eigenvalue weighted by Crippen LogP contribution is 2.39. The van der Waals surface area contributed by atoms with Crippen LogP contribution in [0.4, 0.5) is 30.2 Å². The fourth-order valence-electron chi connectivity index (χ4n) is 4.39. The third kappa shape index (κ3) is 7.06. The predicted molar refractivity (Wildman–Crippen MR) is 161 cm³/mol. The van der Waals surface area contributed by atoms with Gasteiger partial charge in [0.2, 0.25) is 5.91 Å². The molecule has 5 N–H and O–H groups in total. The van der Waals surface area contributed by atoms with E-state index in [9.17, 15) is 23.2 Å². The number of nitrogens with two attached hydrogens (primary N) is 1. The molecule has 0 spiro atoms. The van der Waals surface area contributed by atoms with Crippen molar-refractivity contribution >= 4 is 57.2 Å². The Kier molecular flexibility index (Phi) is 9.11. The number of aromatic nitrogens is 2. The van der Waals surface area contributed by atoms with Crippen LogP contribution >= 0.6 is 22.7 Å². The van der Waals surface area contributed by atoms with E-state index in [4.69, 9.17) is 10.5 Å². The highest BCUT2D eigenvalue weighted by atomic mass is 32.1. The lowest BCUT2D eigenvalue weighted by Gasteiger charge is -2.15. The molecular formula is C28H27F2N7O4S2. The molecule has 1 fully saturated rings. The van der Waals surface area contributed by atoms with Crippen LogP contribution in [-0.2, 0) is 4.79 Å². The number of hydrogen-bond donors (Lipinski definition) is 4. The number of carbonyl (C=O) groups is 3. The van der Waals surface area contributed by atoms with Crippen LogP contribution in [0.3, 0.4) is 0 Å². The third-order valence-electron chi connectivity index (χ3n) is 6.55. The summed E-state index contributed by atoms with van der Waals surface area (Å²) in [5, 5.41) is 10.1. The average molecular weight is 628 g/mol. The van der Waals surface area contributed by atoms with Gasteiger partial charge in [0.15, 0.2) is 5.13 Å². The van der Waals surface area contributed by atoms with Crippen LogP contribution in [0, 0.1) is 11.6 Å². The zero-order chi connectivity index (χ0) is 30.5. The summed E-state index contributed by atoms with van der Waals surface area (Å²) in [5.41, 5.74) is 6.27. The minimum Gasteiger partial charge on any atom is -0.497 e. The zero-order valence-electron chi connectivity index (χ0n) is 22.9. The molecule has 3 heterocycles. The van der Waals surface area contributed by atoms with E-state index in [1.807, 2.05) is 0 Å². The summed E-state index contributed by atoms with van der Waals surface area (Å²) in [6, 6.07) is 7.71. The zero-order valence-corrected chi connectivity index (χ0v) is 24.5. The molecule has 43 heavy (non-hydrogen) atoms. The van der Waals surface area contributed by atoms with Gasteiger partial charge in [-0.3, -0.25) is 14.9 Å². The average Bonchev–Trinajstić information content (AvgIpc) is 3.72. The van der Waals surface area contributed by atoms with E-state index in [0.29, 0.717) is 47.6 Å². The van der Waals surface area contributed by atoms with Gasteiger partial charge in [-0.15, -0.1) is 11.3 Å². The van der Waals surface area contributed by atoms with Gasteiger partial charge in [-0.1, -0.05) is 17.4 Å². The van der Waals surface area contributed by atoms with Crippen molar-refractivity contribution in [1.29, 1.82) is 0 Å². The number of hydrogen-bond acceptors (Lipinski definition) is 9. The normalized spacial score (nSPS) is 12.8. The molecule has 1 saturated heterocycles. The summed E-state index contributed by atoms with van der Waals surface area (Å²) in [7, 11) is 1.46. The number of rotatable bonds is 10. The molecule has 0 unspecified atom stereocenters. The maximum absolute atomic E-state index is 14.8. The number of amides is 4. The maximum Gasteiger partial charge on any atom is 0.321 e. The fourth-order valence-corrected chi connectivity index (χ4v) is 6.19. The van der Waals surface area contributed by atoms with E-state index in [1.54, 1.807) is 22.4 Å². The van der Waals surface area contributed by atoms with E-state index in [-0.39, 0.29) is 39.4 Å². The number of nitrogens with zero attached hydrogens (tertiary/aromatic N) is 3. The Morgan fingerprint density at radius 1 is 1.14 bits per heavy atom. The highest BCUT2D eigenvalue weighted by molar-refractivity contribution is 7.23. The first-order valence-corrected chi connectivity index (χ1v) is 14.9. The predicted octanol–water partition coefficient (Wildman–Crippen LogP) is 5.19. The molecule has 2 aromatic carbocycles. The summed E-state index contributed by atoms with van der Waals surface area (Å²) < 4.78 is 34.6. The highest BCUT2D eigenvalue weighted by Gasteiger charge is 2.21. The van der Waals surface area contributed by atoms with Gasteiger partial charge in [0.1, 0.15) is 33.1 Å².